The van der Waals surface area contributed by atoms with Gasteiger partial charge in [0.25, 0.3) is 0 Å². The molecule has 2 unspecified atom stereocenters. The molecule has 0 amide bonds. The van der Waals surface area contributed by atoms with Gasteiger partial charge in [0.15, 0.2) is 0 Å². The van der Waals surface area contributed by atoms with Crippen LogP contribution in [-0.4, -0.2) is 11.3 Å². The Hall–Kier alpha value is -6.46. The lowest BCUT2D eigenvalue weighted by atomic mass is 9.29. The zero-order valence-electron chi connectivity index (χ0n) is 43.1. The first-order chi connectivity index (χ1) is 33.4. The van der Waals surface area contributed by atoms with E-state index in [1.54, 1.807) is 0 Å². The molecule has 1 aromatic heterocycles. The summed E-state index contributed by atoms with van der Waals surface area (Å²) in [6.07, 6.45) is 19.0. The molecule has 0 bridgehead atoms. The maximum Gasteiger partial charge on any atom is 0.226 e. The normalized spacial score (nSPS) is 20.4. The molecule has 5 heteroatoms. The largest absolute Gasteiger partial charge is 0.459 e. The summed E-state index contributed by atoms with van der Waals surface area (Å²) in [5.74, 6) is 2.36. The summed E-state index contributed by atoms with van der Waals surface area (Å²) in [5.41, 5.74) is 23.9. The van der Waals surface area contributed by atoms with E-state index in [0.29, 0.717) is 0 Å². The molecular weight excluding hydrogens is 850 g/mol. The number of hydrogen-bond donors (Lipinski definition) is 0. The molecule has 5 aromatic carbocycles. The van der Waals surface area contributed by atoms with Crippen LogP contribution < -0.4 is 25.5 Å². The van der Waals surface area contributed by atoms with E-state index >= 15 is 0 Å². The van der Waals surface area contributed by atoms with Crippen molar-refractivity contribution in [2.75, 3.05) is 9.80 Å². The number of aromatic nitrogens is 1. The number of nitrogens with zero attached hydrogens (tertiary/aromatic N) is 3. The van der Waals surface area contributed by atoms with Crippen LogP contribution in [0.1, 0.15) is 141 Å². The van der Waals surface area contributed by atoms with Gasteiger partial charge < -0.3 is 19.1 Å². The number of rotatable bonds is 4. The Morgan fingerprint density at radius 3 is 2.03 bits per heavy atom. The average Bonchev–Trinajstić information content (AvgIpc) is 3.97. The van der Waals surface area contributed by atoms with E-state index < -0.39 is 0 Å². The number of anilines is 3. The maximum atomic E-state index is 7.11. The smallest absolute Gasteiger partial charge is 0.226 e. The molecule has 3 aliphatic heterocycles. The molecule has 0 fully saturated rings. The highest BCUT2D eigenvalue weighted by Gasteiger charge is 2.52. The molecule has 70 heavy (non-hydrogen) atoms. The molecule has 0 saturated carbocycles. The van der Waals surface area contributed by atoms with Gasteiger partial charge in [0.05, 0.1) is 11.6 Å². The first kappa shape index (κ1) is 43.6. The third kappa shape index (κ3) is 6.21. The fourth-order valence-corrected chi connectivity index (χ4v) is 13.4. The average molecular weight is 916 g/mol. The summed E-state index contributed by atoms with van der Waals surface area (Å²) in [6.45, 7) is 26.1. The lowest BCUT2D eigenvalue weighted by Gasteiger charge is -2.48. The van der Waals surface area contributed by atoms with E-state index in [1.807, 2.05) is 0 Å². The van der Waals surface area contributed by atoms with Crippen molar-refractivity contribution in [3.05, 3.63) is 202 Å². The molecule has 0 saturated heterocycles. The Labute approximate surface area is 416 Å². The molecule has 6 aromatic rings. The molecule has 0 radical (unpaired) electrons. The van der Waals surface area contributed by atoms with Crippen LogP contribution in [0.3, 0.4) is 0 Å². The Morgan fingerprint density at radius 2 is 1.34 bits per heavy atom. The zero-order chi connectivity index (χ0) is 48.4. The Kier molecular flexibility index (Phi) is 9.21. The van der Waals surface area contributed by atoms with Crippen molar-refractivity contribution in [3.63, 3.8) is 0 Å². The lowest BCUT2D eigenvalue weighted by Crippen LogP contribution is -2.58. The van der Waals surface area contributed by atoms with Crippen molar-refractivity contribution in [1.29, 1.82) is 0 Å². The van der Waals surface area contributed by atoms with Crippen LogP contribution in [0, 0.1) is 0 Å². The van der Waals surface area contributed by atoms with Gasteiger partial charge in [-0.25, -0.2) is 0 Å². The SMILES string of the molecule is CC(C)(C)c1ccc(N(C2=CCC3B4c5c(cc(C(C)(C)C)cc5-n5c6c(c7cccc4c75)C4=CCCC=C4C6(C)C)N(C4=C5Oc6ccccc6C5CC=C4)C3=C2)c2ccc(C(C)(C)C)cc2)cc1. The summed E-state index contributed by atoms with van der Waals surface area (Å²) < 4.78 is 9.86. The third-order valence-electron chi connectivity index (χ3n) is 17.0. The van der Waals surface area contributed by atoms with Crippen LogP contribution >= 0.6 is 0 Å². The molecule has 4 aliphatic carbocycles. The van der Waals surface area contributed by atoms with Crippen molar-refractivity contribution in [1.82, 2.24) is 4.57 Å². The molecular formula is C65H66BN3O. The van der Waals surface area contributed by atoms with Crippen LogP contribution in [0.4, 0.5) is 17.1 Å². The molecule has 7 aliphatic rings. The lowest BCUT2D eigenvalue weighted by molar-refractivity contribution is 0.417. The first-order valence-corrected chi connectivity index (χ1v) is 26.1. The summed E-state index contributed by atoms with van der Waals surface area (Å²) in [6, 6.07) is 39.8. The van der Waals surface area contributed by atoms with E-state index in [4.69, 9.17) is 4.74 Å². The van der Waals surface area contributed by atoms with E-state index in [2.05, 4.69) is 230 Å². The van der Waals surface area contributed by atoms with Crippen molar-refractivity contribution in [3.8, 4) is 11.4 Å². The maximum absolute atomic E-state index is 7.11. The van der Waals surface area contributed by atoms with Crippen LogP contribution in [0.2, 0.25) is 5.82 Å². The number of fused-ring (bicyclic) bond motifs is 12. The van der Waals surface area contributed by atoms with Gasteiger partial charge in [0.1, 0.15) is 11.5 Å². The number of ether oxygens (including phenoxy) is 1. The summed E-state index contributed by atoms with van der Waals surface area (Å²) in [4.78, 5) is 5.19. The highest BCUT2D eigenvalue weighted by molar-refractivity contribution is 6.91. The quantitative estimate of drug-likeness (QED) is 0.164. The minimum Gasteiger partial charge on any atom is -0.459 e. The Morgan fingerprint density at radius 1 is 0.686 bits per heavy atom. The molecule has 13 rings (SSSR count). The number of para-hydroxylation sites is 2. The van der Waals surface area contributed by atoms with Gasteiger partial charge in [0.2, 0.25) is 6.71 Å². The van der Waals surface area contributed by atoms with Crippen molar-refractivity contribution >= 4 is 51.2 Å². The standard InChI is InChI=1S/C65H66BN3O/c1-62(2,3)39-26-30-42(31-27-39)67(43-32-28-40(29-33-43)63(4,5)6)44-34-35-50-53(38-44)68(52-24-17-20-46-45-18-13-15-25-56(45)70-60(46)52)54-36-41(64(7,8)9)37-55-58(54)66(50)51-23-16-21-48-57-47-19-12-14-22-49(47)65(10,11)61(57)69(55)59(48)51/h13,15-19,21-34,36-38,46,50H,12,14,20,35H2,1-11H3. The van der Waals surface area contributed by atoms with Crippen LogP contribution in [0.25, 0.3) is 22.2 Å². The molecule has 0 N–H and O–H groups in total. The number of allylic oxidation sites excluding steroid dienone is 10. The van der Waals surface area contributed by atoms with Gasteiger partial charge in [-0.1, -0.05) is 161 Å². The fourth-order valence-electron chi connectivity index (χ4n) is 13.4. The second-order valence-corrected chi connectivity index (χ2v) is 24.8. The molecule has 350 valence electrons. The van der Waals surface area contributed by atoms with Gasteiger partial charge in [-0.2, -0.15) is 0 Å². The summed E-state index contributed by atoms with van der Waals surface area (Å²) in [7, 11) is 0. The van der Waals surface area contributed by atoms with Gasteiger partial charge in [-0.15, -0.1) is 0 Å². The first-order valence-electron chi connectivity index (χ1n) is 26.1. The van der Waals surface area contributed by atoms with E-state index in [0.717, 1.165) is 54.3 Å². The topological polar surface area (TPSA) is 20.6 Å². The highest BCUT2D eigenvalue weighted by atomic mass is 16.5. The van der Waals surface area contributed by atoms with E-state index in [1.165, 1.54) is 89.3 Å². The van der Waals surface area contributed by atoms with Crippen molar-refractivity contribution < 1.29 is 4.74 Å². The van der Waals surface area contributed by atoms with Crippen molar-refractivity contribution in [2.45, 2.75) is 135 Å². The second-order valence-electron chi connectivity index (χ2n) is 24.8. The predicted octanol–water partition coefficient (Wildman–Crippen LogP) is 15.4. The Bertz CT molecular complexity index is 3380. The van der Waals surface area contributed by atoms with Crippen LogP contribution in [0.15, 0.2) is 168 Å². The Balaban J connectivity index is 1.09. The molecule has 4 heterocycles. The van der Waals surface area contributed by atoms with Crippen molar-refractivity contribution in [2.24, 2.45) is 0 Å². The van der Waals surface area contributed by atoms with E-state index in [-0.39, 0.29) is 40.1 Å². The third-order valence-corrected chi connectivity index (χ3v) is 17.0. The second kappa shape index (κ2) is 14.8. The fraction of sp³-hybridized carbons (Fsp3) is 0.323. The van der Waals surface area contributed by atoms with Crippen LogP contribution in [0.5, 0.6) is 5.75 Å². The monoisotopic (exact) mass is 916 g/mol. The predicted molar refractivity (Wildman–Crippen MR) is 295 cm³/mol. The molecule has 4 nitrogen and oxygen atoms in total. The van der Waals surface area contributed by atoms with Crippen LogP contribution in [-0.2, 0) is 21.7 Å². The van der Waals surface area contributed by atoms with Gasteiger partial charge >= 0.3 is 0 Å². The van der Waals surface area contributed by atoms with Gasteiger partial charge in [-0.05, 0) is 141 Å². The van der Waals surface area contributed by atoms with E-state index in [9.17, 15) is 0 Å². The number of hydrogen-bond acceptors (Lipinski definition) is 3. The van der Waals surface area contributed by atoms with Gasteiger partial charge in [-0.3, -0.25) is 0 Å². The number of benzene rings is 5. The van der Waals surface area contributed by atoms with Gasteiger partial charge in [0, 0.05) is 67.3 Å². The molecule has 0 spiro atoms. The minimum absolute atomic E-state index is 0.0466. The molecule has 2 atom stereocenters. The minimum atomic E-state index is -0.149. The summed E-state index contributed by atoms with van der Waals surface area (Å²) in [5, 5.41) is 1.40. The highest BCUT2D eigenvalue weighted by Crippen LogP contribution is 2.58. The summed E-state index contributed by atoms with van der Waals surface area (Å²) >= 11 is 0. The zero-order valence-corrected chi connectivity index (χ0v) is 43.1.